The summed E-state index contributed by atoms with van der Waals surface area (Å²) in [4.78, 5) is 24.8. The van der Waals surface area contributed by atoms with E-state index in [9.17, 15) is 9.59 Å². The van der Waals surface area contributed by atoms with E-state index in [2.05, 4.69) is 5.32 Å². The Hall–Kier alpha value is -3.06. The molecule has 0 aliphatic carbocycles. The minimum absolute atomic E-state index is 0.126. The molecule has 1 amide bonds. The van der Waals surface area contributed by atoms with Crippen molar-refractivity contribution in [3.63, 3.8) is 0 Å². The Morgan fingerprint density at radius 1 is 1.20 bits per heavy atom. The molecule has 2 aromatic carbocycles. The molecule has 1 aliphatic rings. The van der Waals surface area contributed by atoms with Crippen LogP contribution in [0.15, 0.2) is 42.5 Å². The quantitative estimate of drug-likeness (QED) is 0.664. The van der Waals surface area contributed by atoms with Crippen molar-refractivity contribution in [3.05, 3.63) is 53.6 Å². The van der Waals surface area contributed by atoms with Gasteiger partial charge >= 0.3 is 5.97 Å². The van der Waals surface area contributed by atoms with E-state index < -0.39 is 18.0 Å². The van der Waals surface area contributed by atoms with Crippen molar-refractivity contribution in [2.24, 2.45) is 0 Å². The molecule has 0 radical (unpaired) electrons. The van der Waals surface area contributed by atoms with Gasteiger partial charge < -0.3 is 24.3 Å². The van der Waals surface area contributed by atoms with Gasteiger partial charge in [-0.05, 0) is 68.7 Å². The maximum Gasteiger partial charge on any atom is 0.338 e. The molecule has 1 saturated heterocycles. The summed E-state index contributed by atoms with van der Waals surface area (Å²) < 4.78 is 21.8. The second kappa shape index (κ2) is 10.1. The number of aryl methyl sites for hydroxylation is 1. The Labute approximate surface area is 176 Å². The summed E-state index contributed by atoms with van der Waals surface area (Å²) in [7, 11) is 1.53. The first kappa shape index (κ1) is 21.6. The lowest BCUT2D eigenvalue weighted by atomic mass is 10.2. The highest BCUT2D eigenvalue weighted by molar-refractivity contribution is 5.98. The SMILES string of the molecule is COc1ccc(C)cc1NC(=O)C(C)OC(=O)c1ccc(OCC2CCCO2)cc1. The second-order valence-electron chi connectivity index (χ2n) is 7.21. The number of nitrogens with one attached hydrogen (secondary N) is 1. The molecule has 0 spiro atoms. The molecule has 1 aliphatic heterocycles. The Morgan fingerprint density at radius 3 is 2.63 bits per heavy atom. The van der Waals surface area contributed by atoms with E-state index in [-0.39, 0.29) is 6.10 Å². The highest BCUT2D eigenvalue weighted by Gasteiger charge is 2.21. The average Bonchev–Trinajstić information content (AvgIpc) is 3.26. The number of carbonyl (C=O) groups excluding carboxylic acids is 2. The van der Waals surface area contributed by atoms with Crippen molar-refractivity contribution in [3.8, 4) is 11.5 Å². The molecule has 160 valence electrons. The molecule has 3 rings (SSSR count). The summed E-state index contributed by atoms with van der Waals surface area (Å²) in [6, 6.07) is 12.1. The summed E-state index contributed by atoms with van der Waals surface area (Å²) >= 11 is 0. The van der Waals surface area contributed by atoms with Gasteiger partial charge in [0.1, 0.15) is 18.1 Å². The second-order valence-corrected chi connectivity index (χ2v) is 7.21. The molecule has 7 nitrogen and oxygen atoms in total. The number of ether oxygens (including phenoxy) is 4. The van der Waals surface area contributed by atoms with Crippen LogP contribution in [-0.4, -0.2) is 44.4 Å². The largest absolute Gasteiger partial charge is 0.495 e. The number of anilines is 1. The molecule has 2 unspecified atom stereocenters. The third-order valence-electron chi connectivity index (χ3n) is 4.82. The first-order valence-electron chi connectivity index (χ1n) is 9.97. The van der Waals surface area contributed by atoms with E-state index >= 15 is 0 Å². The van der Waals surface area contributed by atoms with Crippen LogP contribution in [0.1, 0.15) is 35.7 Å². The Morgan fingerprint density at radius 2 is 1.97 bits per heavy atom. The Kier molecular flexibility index (Phi) is 7.30. The van der Waals surface area contributed by atoms with E-state index in [1.165, 1.54) is 14.0 Å². The molecule has 0 bridgehead atoms. The lowest BCUT2D eigenvalue weighted by Crippen LogP contribution is -2.30. The van der Waals surface area contributed by atoms with Crippen molar-refractivity contribution in [2.75, 3.05) is 25.6 Å². The van der Waals surface area contributed by atoms with Gasteiger partial charge in [0.25, 0.3) is 5.91 Å². The van der Waals surface area contributed by atoms with Crippen molar-refractivity contribution < 1.29 is 28.5 Å². The third kappa shape index (κ3) is 5.73. The Bertz CT molecular complexity index is 874. The monoisotopic (exact) mass is 413 g/mol. The van der Waals surface area contributed by atoms with Gasteiger partial charge in [-0.1, -0.05) is 6.07 Å². The number of esters is 1. The number of rotatable bonds is 8. The van der Waals surface area contributed by atoms with E-state index in [0.29, 0.717) is 29.4 Å². The molecular weight excluding hydrogens is 386 g/mol. The zero-order chi connectivity index (χ0) is 21.5. The molecular formula is C23H27NO6. The summed E-state index contributed by atoms with van der Waals surface area (Å²) in [6.45, 7) is 4.70. The average molecular weight is 413 g/mol. The molecule has 1 fully saturated rings. The number of hydrogen-bond acceptors (Lipinski definition) is 6. The van der Waals surface area contributed by atoms with E-state index in [1.54, 1.807) is 36.4 Å². The molecule has 7 heteroatoms. The minimum Gasteiger partial charge on any atom is -0.495 e. The number of hydrogen-bond donors (Lipinski definition) is 1. The van der Waals surface area contributed by atoms with Crippen LogP contribution in [-0.2, 0) is 14.3 Å². The van der Waals surface area contributed by atoms with Gasteiger partial charge in [-0.25, -0.2) is 4.79 Å². The molecule has 0 aromatic heterocycles. The van der Waals surface area contributed by atoms with Gasteiger partial charge in [-0.3, -0.25) is 4.79 Å². The van der Waals surface area contributed by atoms with Crippen LogP contribution in [0.25, 0.3) is 0 Å². The van der Waals surface area contributed by atoms with Crippen LogP contribution < -0.4 is 14.8 Å². The first-order chi connectivity index (χ1) is 14.5. The van der Waals surface area contributed by atoms with Crippen molar-refractivity contribution in [1.82, 2.24) is 0 Å². The highest BCUT2D eigenvalue weighted by atomic mass is 16.5. The van der Waals surface area contributed by atoms with Gasteiger partial charge in [0.15, 0.2) is 6.10 Å². The standard InChI is InChI=1S/C23H27NO6/c1-15-6-11-21(27-3)20(13-15)24-22(25)16(2)30-23(26)17-7-9-18(10-8-17)29-14-19-5-4-12-28-19/h6-11,13,16,19H,4-5,12,14H2,1-3H3,(H,24,25). The minimum atomic E-state index is -0.974. The topological polar surface area (TPSA) is 83.1 Å². The molecule has 0 saturated carbocycles. The third-order valence-corrected chi connectivity index (χ3v) is 4.82. The number of amides is 1. The van der Waals surface area contributed by atoms with Crippen LogP contribution in [0, 0.1) is 6.92 Å². The van der Waals surface area contributed by atoms with Gasteiger partial charge in [0.05, 0.1) is 24.5 Å². The zero-order valence-corrected chi connectivity index (χ0v) is 17.5. The lowest BCUT2D eigenvalue weighted by molar-refractivity contribution is -0.123. The maximum absolute atomic E-state index is 12.4. The first-order valence-corrected chi connectivity index (χ1v) is 9.97. The maximum atomic E-state index is 12.4. The predicted octanol–water partition coefficient (Wildman–Crippen LogP) is 3.75. The normalized spacial score (nSPS) is 16.6. The van der Waals surface area contributed by atoms with Crippen LogP contribution in [0.2, 0.25) is 0 Å². The van der Waals surface area contributed by atoms with Crippen LogP contribution in [0.3, 0.4) is 0 Å². The smallest absolute Gasteiger partial charge is 0.338 e. The predicted molar refractivity (Wildman–Crippen MR) is 112 cm³/mol. The van der Waals surface area contributed by atoms with E-state index in [0.717, 1.165) is 25.0 Å². The summed E-state index contributed by atoms with van der Waals surface area (Å²) in [5.74, 6) is 0.161. The van der Waals surface area contributed by atoms with Crippen LogP contribution in [0.5, 0.6) is 11.5 Å². The summed E-state index contributed by atoms with van der Waals surface area (Å²) in [5, 5.41) is 2.74. The number of carbonyl (C=O) groups is 2. The molecule has 2 aromatic rings. The van der Waals surface area contributed by atoms with Crippen molar-refractivity contribution >= 4 is 17.6 Å². The van der Waals surface area contributed by atoms with Gasteiger partial charge in [-0.2, -0.15) is 0 Å². The number of methoxy groups -OCH3 is 1. The molecule has 1 N–H and O–H groups in total. The summed E-state index contributed by atoms with van der Waals surface area (Å²) in [5.41, 5.74) is 1.84. The molecule has 2 atom stereocenters. The van der Waals surface area contributed by atoms with Crippen molar-refractivity contribution in [2.45, 2.75) is 38.9 Å². The molecule has 30 heavy (non-hydrogen) atoms. The number of benzene rings is 2. The highest BCUT2D eigenvalue weighted by Crippen LogP contribution is 2.25. The fraction of sp³-hybridized carbons (Fsp3) is 0.391. The van der Waals surface area contributed by atoms with Crippen LogP contribution in [0.4, 0.5) is 5.69 Å². The fourth-order valence-corrected chi connectivity index (χ4v) is 3.09. The van der Waals surface area contributed by atoms with E-state index in [4.69, 9.17) is 18.9 Å². The van der Waals surface area contributed by atoms with Crippen molar-refractivity contribution in [1.29, 1.82) is 0 Å². The fourth-order valence-electron chi connectivity index (χ4n) is 3.09. The van der Waals surface area contributed by atoms with Gasteiger partial charge in [0.2, 0.25) is 0 Å². The summed E-state index contributed by atoms with van der Waals surface area (Å²) in [6.07, 6.45) is 1.21. The zero-order valence-electron chi connectivity index (χ0n) is 17.5. The Balaban J connectivity index is 1.53. The lowest BCUT2D eigenvalue weighted by Gasteiger charge is -2.16. The van der Waals surface area contributed by atoms with E-state index in [1.807, 2.05) is 13.0 Å². The molecule has 1 heterocycles. The van der Waals surface area contributed by atoms with Gasteiger partial charge in [0, 0.05) is 6.61 Å². The van der Waals surface area contributed by atoms with Crippen LogP contribution >= 0.6 is 0 Å². The van der Waals surface area contributed by atoms with Gasteiger partial charge in [-0.15, -0.1) is 0 Å².